The van der Waals surface area contributed by atoms with Crippen molar-refractivity contribution in [3.8, 4) is 0 Å². The molecule has 1 unspecified atom stereocenters. The Hall–Kier alpha value is -1.18. The fourth-order valence-corrected chi connectivity index (χ4v) is 3.05. The van der Waals surface area contributed by atoms with Crippen LogP contribution in [0.4, 0.5) is 5.82 Å². The Kier molecular flexibility index (Phi) is 4.38. The van der Waals surface area contributed by atoms with Gasteiger partial charge >= 0.3 is 0 Å². The Morgan fingerprint density at radius 1 is 1.58 bits per heavy atom. The van der Waals surface area contributed by atoms with E-state index in [-0.39, 0.29) is 10.9 Å². The third kappa shape index (κ3) is 3.23. The third-order valence-corrected chi connectivity index (χ3v) is 4.21. The number of hydrogen-bond donors (Lipinski definition) is 1. The molecular formula is C12H19N3O3S. The summed E-state index contributed by atoms with van der Waals surface area (Å²) >= 11 is 0. The summed E-state index contributed by atoms with van der Waals surface area (Å²) in [6, 6.07) is 3.34. The van der Waals surface area contributed by atoms with Crippen molar-refractivity contribution >= 4 is 15.7 Å². The molecule has 0 radical (unpaired) electrons. The summed E-state index contributed by atoms with van der Waals surface area (Å²) in [6.07, 6.45) is 2.83. The summed E-state index contributed by atoms with van der Waals surface area (Å²) in [5.41, 5.74) is 0. The van der Waals surface area contributed by atoms with Crippen LogP contribution >= 0.6 is 0 Å². The van der Waals surface area contributed by atoms with Gasteiger partial charge in [-0.2, -0.15) is 0 Å². The van der Waals surface area contributed by atoms with Crippen molar-refractivity contribution < 1.29 is 13.2 Å². The zero-order chi connectivity index (χ0) is 13.9. The molecule has 0 amide bonds. The summed E-state index contributed by atoms with van der Waals surface area (Å²) in [7, 11) is -1.42. The van der Waals surface area contributed by atoms with Crippen LogP contribution in [0.1, 0.15) is 0 Å². The van der Waals surface area contributed by atoms with E-state index in [2.05, 4.69) is 10.3 Å². The average molecular weight is 285 g/mol. The van der Waals surface area contributed by atoms with E-state index in [0.717, 1.165) is 6.54 Å². The molecule has 6 nitrogen and oxygen atoms in total. The van der Waals surface area contributed by atoms with E-state index < -0.39 is 9.84 Å². The number of anilines is 1. The standard InChI is InChI=1S/C12H19N3O3S/c1-13-8-10-9-18-7-6-15(10)12-11(19(2,16)17)4-3-5-14-12/h3-5,10,13H,6-9H2,1-2H3. The van der Waals surface area contributed by atoms with Crippen molar-refractivity contribution in [2.24, 2.45) is 0 Å². The predicted octanol–water partition coefficient (Wildman–Crippen LogP) is -0.0903. The lowest BCUT2D eigenvalue weighted by Crippen LogP contribution is -2.50. The van der Waals surface area contributed by atoms with Gasteiger partial charge in [-0.3, -0.25) is 0 Å². The van der Waals surface area contributed by atoms with Crippen molar-refractivity contribution in [3.05, 3.63) is 18.3 Å². The maximum Gasteiger partial charge on any atom is 0.179 e. The Morgan fingerprint density at radius 3 is 3.05 bits per heavy atom. The zero-order valence-electron chi connectivity index (χ0n) is 11.2. The summed E-state index contributed by atoms with van der Waals surface area (Å²) in [4.78, 5) is 6.55. The number of aromatic nitrogens is 1. The molecule has 0 bridgehead atoms. The minimum absolute atomic E-state index is 0.0918. The molecule has 2 rings (SSSR count). The van der Waals surface area contributed by atoms with Crippen LogP contribution in [-0.4, -0.2) is 59.1 Å². The molecule has 106 valence electrons. The highest BCUT2D eigenvalue weighted by Crippen LogP contribution is 2.25. The molecule has 1 fully saturated rings. The Morgan fingerprint density at radius 2 is 2.37 bits per heavy atom. The van der Waals surface area contributed by atoms with Gasteiger partial charge < -0.3 is 15.0 Å². The second kappa shape index (κ2) is 5.85. The number of ether oxygens (including phenoxy) is 1. The van der Waals surface area contributed by atoms with Crippen LogP contribution in [0.3, 0.4) is 0 Å². The number of nitrogens with one attached hydrogen (secondary N) is 1. The lowest BCUT2D eigenvalue weighted by molar-refractivity contribution is 0.0936. The summed E-state index contributed by atoms with van der Waals surface area (Å²) < 4.78 is 29.1. The van der Waals surface area contributed by atoms with Crippen molar-refractivity contribution in [1.29, 1.82) is 0 Å². The van der Waals surface area contributed by atoms with Crippen LogP contribution in [0.15, 0.2) is 23.2 Å². The number of hydrogen-bond acceptors (Lipinski definition) is 6. The molecule has 7 heteroatoms. The van der Waals surface area contributed by atoms with E-state index >= 15 is 0 Å². The van der Waals surface area contributed by atoms with Crippen molar-refractivity contribution in [1.82, 2.24) is 10.3 Å². The van der Waals surface area contributed by atoms with Gasteiger partial charge in [-0.05, 0) is 19.2 Å². The first kappa shape index (κ1) is 14.2. The van der Waals surface area contributed by atoms with Gasteiger partial charge in [0.1, 0.15) is 10.7 Å². The monoisotopic (exact) mass is 285 g/mol. The minimum atomic E-state index is -3.29. The molecule has 19 heavy (non-hydrogen) atoms. The second-order valence-corrected chi connectivity index (χ2v) is 6.56. The molecule has 1 N–H and O–H groups in total. The maximum atomic E-state index is 11.8. The minimum Gasteiger partial charge on any atom is -0.377 e. The summed E-state index contributed by atoms with van der Waals surface area (Å²) in [5, 5.41) is 3.10. The molecule has 1 aliphatic rings. The fraction of sp³-hybridized carbons (Fsp3) is 0.583. The number of rotatable bonds is 4. The molecule has 1 aliphatic heterocycles. The molecule has 1 aromatic rings. The number of nitrogens with zero attached hydrogens (tertiary/aromatic N) is 2. The van der Waals surface area contributed by atoms with Crippen molar-refractivity contribution in [2.75, 3.05) is 44.5 Å². The average Bonchev–Trinajstić information content (AvgIpc) is 2.39. The number of likely N-dealkylation sites (N-methyl/N-ethyl adjacent to an activating group) is 1. The van der Waals surface area contributed by atoms with Gasteiger partial charge in [-0.15, -0.1) is 0 Å². The van der Waals surface area contributed by atoms with Gasteiger partial charge in [0, 0.05) is 25.5 Å². The molecule has 1 aromatic heterocycles. The first-order valence-electron chi connectivity index (χ1n) is 6.18. The van der Waals surface area contributed by atoms with Gasteiger partial charge in [0.25, 0.3) is 0 Å². The topological polar surface area (TPSA) is 71.5 Å². The molecule has 2 heterocycles. The Balaban J connectivity index is 2.39. The lowest BCUT2D eigenvalue weighted by Gasteiger charge is -2.37. The maximum absolute atomic E-state index is 11.8. The molecule has 0 aliphatic carbocycles. The van der Waals surface area contributed by atoms with Crippen LogP contribution < -0.4 is 10.2 Å². The second-order valence-electron chi connectivity index (χ2n) is 4.58. The van der Waals surface area contributed by atoms with E-state index in [0.29, 0.717) is 25.6 Å². The molecule has 1 saturated heterocycles. The largest absolute Gasteiger partial charge is 0.377 e. The molecule has 0 spiro atoms. The SMILES string of the molecule is CNCC1COCCN1c1ncccc1S(C)(=O)=O. The molecule has 1 atom stereocenters. The highest BCUT2D eigenvalue weighted by atomic mass is 32.2. The number of morpholine rings is 1. The van der Waals surface area contributed by atoms with Gasteiger partial charge in [0.2, 0.25) is 0 Å². The number of sulfone groups is 1. The number of pyridine rings is 1. The van der Waals surface area contributed by atoms with E-state index in [9.17, 15) is 8.42 Å². The quantitative estimate of drug-likeness (QED) is 0.833. The van der Waals surface area contributed by atoms with E-state index in [1.807, 2.05) is 11.9 Å². The van der Waals surface area contributed by atoms with Crippen molar-refractivity contribution in [3.63, 3.8) is 0 Å². The Bertz CT molecular complexity index is 531. The van der Waals surface area contributed by atoms with Crippen molar-refractivity contribution in [2.45, 2.75) is 10.9 Å². The predicted molar refractivity (Wildman–Crippen MR) is 73.2 cm³/mol. The highest BCUT2D eigenvalue weighted by Gasteiger charge is 2.27. The normalized spacial score (nSPS) is 20.5. The van der Waals surface area contributed by atoms with Crippen LogP contribution in [0.2, 0.25) is 0 Å². The first-order valence-corrected chi connectivity index (χ1v) is 8.07. The van der Waals surface area contributed by atoms with E-state index in [1.54, 1.807) is 18.3 Å². The van der Waals surface area contributed by atoms with Crippen LogP contribution in [0, 0.1) is 0 Å². The van der Waals surface area contributed by atoms with E-state index in [1.165, 1.54) is 6.26 Å². The molecular weight excluding hydrogens is 266 g/mol. The fourth-order valence-electron chi connectivity index (χ4n) is 2.23. The van der Waals surface area contributed by atoms with Gasteiger partial charge in [0.15, 0.2) is 9.84 Å². The summed E-state index contributed by atoms with van der Waals surface area (Å²) in [6.45, 7) is 2.52. The van der Waals surface area contributed by atoms with Crippen LogP contribution in [0.25, 0.3) is 0 Å². The van der Waals surface area contributed by atoms with Crippen LogP contribution in [0.5, 0.6) is 0 Å². The van der Waals surface area contributed by atoms with Gasteiger partial charge in [-0.1, -0.05) is 0 Å². The Labute approximate surface area is 113 Å². The van der Waals surface area contributed by atoms with Gasteiger partial charge in [0.05, 0.1) is 19.3 Å². The van der Waals surface area contributed by atoms with E-state index in [4.69, 9.17) is 4.74 Å². The summed E-state index contributed by atoms with van der Waals surface area (Å²) in [5.74, 6) is 0.522. The van der Waals surface area contributed by atoms with Crippen LogP contribution in [-0.2, 0) is 14.6 Å². The molecule has 0 saturated carbocycles. The third-order valence-electron chi connectivity index (χ3n) is 3.09. The molecule has 0 aromatic carbocycles. The smallest absolute Gasteiger partial charge is 0.179 e. The van der Waals surface area contributed by atoms with Gasteiger partial charge in [-0.25, -0.2) is 13.4 Å². The zero-order valence-corrected chi connectivity index (χ0v) is 12.0. The lowest BCUT2D eigenvalue weighted by atomic mass is 10.2. The highest BCUT2D eigenvalue weighted by molar-refractivity contribution is 7.90. The first-order chi connectivity index (χ1) is 9.04.